The summed E-state index contributed by atoms with van der Waals surface area (Å²) in [7, 11) is 1.47. The molecule has 0 atom stereocenters. The van der Waals surface area contributed by atoms with Crippen LogP contribution in [-0.2, 0) is 9.59 Å². The van der Waals surface area contributed by atoms with Crippen molar-refractivity contribution in [3.8, 4) is 5.75 Å². The van der Waals surface area contributed by atoms with Gasteiger partial charge in [0.05, 0.1) is 17.7 Å². The highest BCUT2D eigenvalue weighted by Gasteiger charge is 2.14. The van der Waals surface area contributed by atoms with Crippen LogP contribution in [0.2, 0.25) is 0 Å². The second-order valence-corrected chi connectivity index (χ2v) is 5.25. The average molecular weight is 355 g/mol. The molecule has 2 aromatic carbocycles. The molecule has 0 saturated heterocycles. The van der Waals surface area contributed by atoms with Gasteiger partial charge in [-0.25, -0.2) is 0 Å². The minimum absolute atomic E-state index is 0.0519. The predicted octanol–water partition coefficient (Wildman–Crippen LogP) is 2.72. The van der Waals surface area contributed by atoms with Gasteiger partial charge in [-0.3, -0.25) is 19.7 Å². The molecule has 2 amide bonds. The molecule has 0 aliphatic carbocycles. The predicted molar refractivity (Wildman–Crippen MR) is 96.5 cm³/mol. The van der Waals surface area contributed by atoms with E-state index in [1.54, 1.807) is 30.3 Å². The Morgan fingerprint density at radius 2 is 1.88 bits per heavy atom. The zero-order chi connectivity index (χ0) is 19.1. The molecule has 8 nitrogen and oxygen atoms in total. The molecule has 2 aromatic rings. The topological polar surface area (TPSA) is 111 Å². The fourth-order valence-electron chi connectivity index (χ4n) is 2.18. The maximum Gasteiger partial charge on any atom is 0.272 e. The van der Waals surface area contributed by atoms with E-state index in [1.807, 2.05) is 0 Å². The fraction of sp³-hybridized carbons (Fsp3) is 0.111. The van der Waals surface area contributed by atoms with Crippen LogP contribution in [0.25, 0.3) is 6.08 Å². The van der Waals surface area contributed by atoms with Gasteiger partial charge in [0.2, 0.25) is 5.91 Å². The summed E-state index contributed by atoms with van der Waals surface area (Å²) in [4.78, 5) is 34.3. The Morgan fingerprint density at radius 3 is 2.54 bits per heavy atom. The van der Waals surface area contributed by atoms with E-state index in [1.165, 1.54) is 38.3 Å². The molecule has 0 bridgehead atoms. The van der Waals surface area contributed by atoms with Gasteiger partial charge in [0, 0.05) is 19.1 Å². The number of carbonyl (C=O) groups is 2. The van der Waals surface area contributed by atoms with Gasteiger partial charge in [0.1, 0.15) is 11.4 Å². The zero-order valence-electron chi connectivity index (χ0n) is 14.2. The lowest BCUT2D eigenvalue weighted by Gasteiger charge is -2.12. The average Bonchev–Trinajstić information content (AvgIpc) is 2.61. The number of hydrogen-bond acceptors (Lipinski definition) is 5. The molecular formula is C18H17N3O5. The molecule has 8 heteroatoms. The summed E-state index contributed by atoms with van der Waals surface area (Å²) in [5.41, 5.74) is 0.656. The van der Waals surface area contributed by atoms with Crippen LogP contribution in [0.1, 0.15) is 12.5 Å². The summed E-state index contributed by atoms with van der Waals surface area (Å²) in [5, 5.41) is 16.0. The van der Waals surface area contributed by atoms with Gasteiger partial charge >= 0.3 is 0 Å². The van der Waals surface area contributed by atoms with Crippen LogP contribution in [0.3, 0.4) is 0 Å². The molecule has 0 saturated carbocycles. The van der Waals surface area contributed by atoms with Crippen molar-refractivity contribution in [2.75, 3.05) is 12.4 Å². The number of benzene rings is 2. The maximum atomic E-state index is 12.6. The number of hydrogen-bond donors (Lipinski definition) is 2. The molecule has 0 aliphatic heterocycles. The Bertz CT molecular complexity index is 877. The molecule has 2 N–H and O–H groups in total. The highest BCUT2D eigenvalue weighted by atomic mass is 16.6. The minimum atomic E-state index is -0.587. The number of methoxy groups -OCH3 is 1. The van der Waals surface area contributed by atoms with Gasteiger partial charge in [-0.2, -0.15) is 0 Å². The van der Waals surface area contributed by atoms with Crippen molar-refractivity contribution >= 4 is 29.3 Å². The summed E-state index contributed by atoms with van der Waals surface area (Å²) in [6.07, 6.45) is 1.36. The fourth-order valence-corrected chi connectivity index (χ4v) is 2.18. The first-order valence-electron chi connectivity index (χ1n) is 7.59. The minimum Gasteiger partial charge on any atom is -0.495 e. The van der Waals surface area contributed by atoms with Crippen LogP contribution in [0.5, 0.6) is 5.75 Å². The normalized spacial score (nSPS) is 10.8. The molecule has 0 radical (unpaired) electrons. The highest BCUT2D eigenvalue weighted by molar-refractivity contribution is 6.09. The number of ether oxygens (including phenoxy) is 1. The first-order valence-corrected chi connectivity index (χ1v) is 7.59. The second-order valence-electron chi connectivity index (χ2n) is 5.25. The molecule has 0 unspecified atom stereocenters. The lowest BCUT2D eigenvalue weighted by Crippen LogP contribution is -2.29. The first kappa shape index (κ1) is 18.7. The zero-order valence-corrected chi connectivity index (χ0v) is 14.2. The van der Waals surface area contributed by atoms with E-state index in [0.717, 1.165) is 0 Å². The van der Waals surface area contributed by atoms with Gasteiger partial charge in [0.15, 0.2) is 0 Å². The molecule has 0 fully saturated rings. The summed E-state index contributed by atoms with van der Waals surface area (Å²) >= 11 is 0. The molecule has 2 rings (SSSR count). The van der Waals surface area contributed by atoms with E-state index in [9.17, 15) is 19.7 Å². The van der Waals surface area contributed by atoms with Crippen LogP contribution in [0.4, 0.5) is 11.4 Å². The molecule has 0 heterocycles. The number of carbonyl (C=O) groups excluding carboxylic acids is 2. The van der Waals surface area contributed by atoms with E-state index in [-0.39, 0.29) is 11.4 Å². The number of nitro benzene ring substituents is 1. The SMILES string of the molecule is COc1ccccc1NC(=O)C(=Cc1cccc([N+](=O)[O-])c1)NC(C)=O. The van der Waals surface area contributed by atoms with E-state index in [4.69, 9.17) is 4.74 Å². The Hall–Kier alpha value is -3.68. The van der Waals surface area contributed by atoms with Gasteiger partial charge in [0.25, 0.3) is 11.6 Å². The Kier molecular flexibility index (Phi) is 6.05. The lowest BCUT2D eigenvalue weighted by molar-refractivity contribution is -0.384. The quantitative estimate of drug-likeness (QED) is 0.470. The smallest absolute Gasteiger partial charge is 0.272 e. The number of rotatable bonds is 6. The van der Waals surface area contributed by atoms with Crippen LogP contribution in [0, 0.1) is 10.1 Å². The van der Waals surface area contributed by atoms with Crippen molar-refractivity contribution in [2.24, 2.45) is 0 Å². The third-order valence-electron chi connectivity index (χ3n) is 3.30. The first-order chi connectivity index (χ1) is 12.4. The molecule has 134 valence electrons. The summed E-state index contributed by atoms with van der Waals surface area (Å²) in [6.45, 7) is 1.26. The van der Waals surface area contributed by atoms with Crippen molar-refractivity contribution in [1.82, 2.24) is 5.32 Å². The van der Waals surface area contributed by atoms with Crippen molar-refractivity contribution in [2.45, 2.75) is 6.92 Å². The number of para-hydroxylation sites is 2. The van der Waals surface area contributed by atoms with Crippen molar-refractivity contribution < 1.29 is 19.2 Å². The van der Waals surface area contributed by atoms with Crippen molar-refractivity contribution in [3.63, 3.8) is 0 Å². The largest absolute Gasteiger partial charge is 0.495 e. The van der Waals surface area contributed by atoms with E-state index >= 15 is 0 Å². The third kappa shape index (κ3) is 4.91. The standard InChI is InChI=1S/C18H17N3O5/c1-12(22)19-16(11-13-6-5-7-14(10-13)21(24)25)18(23)20-15-8-3-4-9-17(15)26-2/h3-11H,1-2H3,(H,19,22)(H,20,23). The highest BCUT2D eigenvalue weighted by Crippen LogP contribution is 2.23. The van der Waals surface area contributed by atoms with Gasteiger partial charge in [-0.1, -0.05) is 24.3 Å². The molecule has 26 heavy (non-hydrogen) atoms. The Balaban J connectivity index is 2.34. The van der Waals surface area contributed by atoms with Crippen molar-refractivity contribution in [1.29, 1.82) is 0 Å². The Morgan fingerprint density at radius 1 is 1.15 bits per heavy atom. The maximum absolute atomic E-state index is 12.6. The monoisotopic (exact) mass is 355 g/mol. The number of anilines is 1. The number of nitrogens with zero attached hydrogens (tertiary/aromatic N) is 1. The van der Waals surface area contributed by atoms with Crippen LogP contribution in [-0.4, -0.2) is 23.8 Å². The van der Waals surface area contributed by atoms with Crippen LogP contribution < -0.4 is 15.4 Å². The molecule has 0 aromatic heterocycles. The molecule has 0 aliphatic rings. The molecule has 0 spiro atoms. The number of amides is 2. The summed E-state index contributed by atoms with van der Waals surface area (Å²) < 4.78 is 5.17. The lowest BCUT2D eigenvalue weighted by atomic mass is 10.1. The van der Waals surface area contributed by atoms with Gasteiger partial charge < -0.3 is 15.4 Å². The van der Waals surface area contributed by atoms with Gasteiger partial charge in [-0.05, 0) is 23.8 Å². The number of nitro groups is 1. The third-order valence-corrected chi connectivity index (χ3v) is 3.30. The second kappa shape index (κ2) is 8.43. The van der Waals surface area contributed by atoms with Gasteiger partial charge in [-0.15, -0.1) is 0 Å². The van der Waals surface area contributed by atoms with Crippen molar-refractivity contribution in [3.05, 3.63) is 69.9 Å². The van der Waals surface area contributed by atoms with E-state index in [0.29, 0.717) is 17.0 Å². The summed E-state index contributed by atoms with van der Waals surface area (Å²) in [6, 6.07) is 12.5. The van der Waals surface area contributed by atoms with Crippen LogP contribution in [0.15, 0.2) is 54.2 Å². The van der Waals surface area contributed by atoms with E-state index in [2.05, 4.69) is 10.6 Å². The van der Waals surface area contributed by atoms with Crippen LogP contribution >= 0.6 is 0 Å². The Labute approximate surface area is 149 Å². The number of nitrogens with one attached hydrogen (secondary N) is 2. The summed E-state index contributed by atoms with van der Waals surface area (Å²) in [5.74, 6) is -0.577. The molecular weight excluding hydrogens is 338 g/mol. The number of non-ortho nitro benzene ring substituents is 1. The van der Waals surface area contributed by atoms with E-state index < -0.39 is 16.7 Å².